The molecule has 1 aromatic rings. The number of benzene rings is 1. The van der Waals surface area contributed by atoms with Crippen LogP contribution in [0.4, 0.5) is 0 Å². The molecule has 0 saturated carbocycles. The molecule has 0 aliphatic carbocycles. The SMILES string of the molecule is C[C@@H](O[Si](C)(C)C(C)(C)C)[C@H]1C(=O)N[C@@H]1C(=O)c1ccccc1. The third kappa shape index (κ3) is 3.56. The number of carbonyl (C=O) groups is 2. The Morgan fingerprint density at radius 3 is 2.26 bits per heavy atom. The van der Waals surface area contributed by atoms with Gasteiger partial charge in [-0.15, -0.1) is 0 Å². The van der Waals surface area contributed by atoms with Gasteiger partial charge in [0.1, 0.15) is 6.04 Å². The van der Waals surface area contributed by atoms with Crippen LogP contribution in [0.25, 0.3) is 0 Å². The smallest absolute Gasteiger partial charge is 0.228 e. The Kier molecular flexibility index (Phi) is 4.83. The zero-order valence-corrected chi connectivity index (χ0v) is 15.8. The number of hydrogen-bond acceptors (Lipinski definition) is 3. The van der Waals surface area contributed by atoms with Gasteiger partial charge in [-0.05, 0) is 25.1 Å². The van der Waals surface area contributed by atoms with Gasteiger partial charge in [0, 0.05) is 5.56 Å². The minimum absolute atomic E-state index is 0.0409. The maximum absolute atomic E-state index is 12.6. The third-order valence-electron chi connectivity index (χ3n) is 5.09. The molecule has 1 amide bonds. The van der Waals surface area contributed by atoms with Crippen LogP contribution in [-0.2, 0) is 9.22 Å². The lowest BCUT2D eigenvalue weighted by atomic mass is 9.81. The van der Waals surface area contributed by atoms with Gasteiger partial charge < -0.3 is 9.74 Å². The number of rotatable bonds is 5. The van der Waals surface area contributed by atoms with Gasteiger partial charge in [0.05, 0.1) is 12.0 Å². The minimum atomic E-state index is -1.98. The maximum atomic E-state index is 12.6. The van der Waals surface area contributed by atoms with Gasteiger partial charge in [-0.25, -0.2) is 0 Å². The molecule has 1 fully saturated rings. The Hall–Kier alpha value is -1.46. The van der Waals surface area contributed by atoms with Crippen LogP contribution in [0, 0.1) is 5.92 Å². The van der Waals surface area contributed by atoms with Crippen molar-refractivity contribution in [2.75, 3.05) is 0 Å². The fourth-order valence-corrected chi connectivity index (χ4v) is 4.03. The van der Waals surface area contributed by atoms with Crippen molar-refractivity contribution >= 4 is 20.0 Å². The molecular formula is C18H27NO3Si. The molecule has 3 atom stereocenters. The largest absolute Gasteiger partial charge is 0.413 e. The van der Waals surface area contributed by atoms with Crippen molar-refractivity contribution < 1.29 is 14.0 Å². The van der Waals surface area contributed by atoms with Gasteiger partial charge in [-0.1, -0.05) is 51.1 Å². The highest BCUT2D eigenvalue weighted by atomic mass is 28.4. The zero-order valence-electron chi connectivity index (χ0n) is 14.8. The molecule has 1 N–H and O–H groups in total. The summed E-state index contributed by atoms with van der Waals surface area (Å²) in [6.07, 6.45) is -0.262. The molecule has 0 aromatic heterocycles. The van der Waals surface area contributed by atoms with Crippen LogP contribution in [0.15, 0.2) is 30.3 Å². The van der Waals surface area contributed by atoms with Crippen LogP contribution in [0.5, 0.6) is 0 Å². The lowest BCUT2D eigenvalue weighted by Gasteiger charge is -2.44. The zero-order chi connectivity index (χ0) is 17.4. The maximum Gasteiger partial charge on any atom is 0.228 e. The summed E-state index contributed by atoms with van der Waals surface area (Å²) < 4.78 is 6.32. The molecule has 2 rings (SSSR count). The van der Waals surface area contributed by atoms with Crippen molar-refractivity contribution in [1.29, 1.82) is 0 Å². The quantitative estimate of drug-likeness (QED) is 0.510. The van der Waals surface area contributed by atoms with Crippen LogP contribution in [0.1, 0.15) is 38.1 Å². The van der Waals surface area contributed by atoms with Crippen molar-refractivity contribution in [3.63, 3.8) is 0 Å². The highest BCUT2D eigenvalue weighted by Gasteiger charge is 2.50. The second-order valence-corrected chi connectivity index (χ2v) is 12.6. The first-order chi connectivity index (χ1) is 10.5. The standard InChI is InChI=1S/C18H27NO3Si/c1-12(22-23(5,6)18(2,3)4)14-15(19-17(14)21)16(20)13-10-8-7-9-11-13/h7-12,14-15H,1-6H3,(H,19,21)/t12-,14-,15+/m1/s1. The lowest BCUT2D eigenvalue weighted by Crippen LogP contribution is -2.66. The molecule has 1 heterocycles. The molecule has 23 heavy (non-hydrogen) atoms. The number of amides is 1. The predicted octanol–water partition coefficient (Wildman–Crippen LogP) is 3.39. The Balaban J connectivity index is 2.12. The number of hydrogen-bond donors (Lipinski definition) is 1. The molecule has 1 saturated heterocycles. The van der Waals surface area contributed by atoms with Gasteiger partial charge in [-0.2, -0.15) is 0 Å². The second-order valence-electron chi connectivity index (χ2n) is 7.83. The number of nitrogens with one attached hydrogen (secondary N) is 1. The number of carbonyl (C=O) groups excluding carboxylic acids is 2. The molecule has 1 aliphatic heterocycles. The van der Waals surface area contributed by atoms with E-state index in [1.54, 1.807) is 12.1 Å². The van der Waals surface area contributed by atoms with Crippen LogP contribution in [0.2, 0.25) is 18.1 Å². The van der Waals surface area contributed by atoms with Crippen LogP contribution < -0.4 is 5.32 Å². The lowest BCUT2D eigenvalue weighted by molar-refractivity contribution is -0.138. The molecule has 0 spiro atoms. The van der Waals surface area contributed by atoms with Gasteiger partial charge >= 0.3 is 0 Å². The summed E-state index contributed by atoms with van der Waals surface area (Å²) in [6.45, 7) is 12.7. The van der Waals surface area contributed by atoms with E-state index in [0.717, 1.165) is 0 Å². The number of ketones is 1. The van der Waals surface area contributed by atoms with Crippen molar-refractivity contribution in [1.82, 2.24) is 5.32 Å². The van der Waals surface area contributed by atoms with Crippen molar-refractivity contribution in [2.45, 2.75) is 58.0 Å². The van der Waals surface area contributed by atoms with E-state index in [1.165, 1.54) is 0 Å². The van der Waals surface area contributed by atoms with E-state index in [0.29, 0.717) is 5.56 Å². The van der Waals surface area contributed by atoms with Crippen LogP contribution >= 0.6 is 0 Å². The van der Waals surface area contributed by atoms with E-state index in [9.17, 15) is 9.59 Å². The summed E-state index contributed by atoms with van der Waals surface area (Å²) in [6, 6.07) is 8.62. The predicted molar refractivity (Wildman–Crippen MR) is 93.9 cm³/mol. The first-order valence-electron chi connectivity index (χ1n) is 8.12. The fourth-order valence-electron chi connectivity index (χ4n) is 2.60. The summed E-state index contributed by atoms with van der Waals surface area (Å²) in [7, 11) is -1.98. The topological polar surface area (TPSA) is 55.4 Å². The summed E-state index contributed by atoms with van der Waals surface area (Å²) in [5.74, 6) is -0.539. The molecule has 1 aromatic carbocycles. The number of β-lactam (4-membered cyclic amide) rings is 1. The average molecular weight is 334 g/mol. The molecule has 4 nitrogen and oxygen atoms in total. The van der Waals surface area contributed by atoms with E-state index in [-0.39, 0.29) is 22.8 Å². The summed E-state index contributed by atoms with van der Waals surface area (Å²) >= 11 is 0. The van der Waals surface area contributed by atoms with E-state index in [2.05, 4.69) is 39.2 Å². The fraction of sp³-hybridized carbons (Fsp3) is 0.556. The van der Waals surface area contributed by atoms with E-state index in [4.69, 9.17) is 4.43 Å². The minimum Gasteiger partial charge on any atom is -0.413 e. The normalized spacial score (nSPS) is 23.0. The van der Waals surface area contributed by atoms with Crippen molar-refractivity contribution in [2.24, 2.45) is 5.92 Å². The summed E-state index contributed by atoms with van der Waals surface area (Å²) in [5.41, 5.74) is 0.627. The average Bonchev–Trinajstić information content (AvgIpc) is 2.42. The Morgan fingerprint density at radius 2 is 1.78 bits per heavy atom. The highest BCUT2D eigenvalue weighted by Crippen LogP contribution is 2.39. The van der Waals surface area contributed by atoms with E-state index < -0.39 is 20.3 Å². The van der Waals surface area contributed by atoms with E-state index in [1.807, 2.05) is 25.1 Å². The molecule has 0 unspecified atom stereocenters. The van der Waals surface area contributed by atoms with Crippen LogP contribution in [0.3, 0.4) is 0 Å². The highest BCUT2D eigenvalue weighted by molar-refractivity contribution is 6.74. The third-order valence-corrected chi connectivity index (χ3v) is 9.67. The second kappa shape index (κ2) is 6.21. The van der Waals surface area contributed by atoms with Gasteiger partial charge in [-0.3, -0.25) is 9.59 Å². The van der Waals surface area contributed by atoms with E-state index >= 15 is 0 Å². The monoisotopic (exact) mass is 333 g/mol. The molecule has 0 bridgehead atoms. The Labute approximate surface area is 139 Å². The molecule has 5 heteroatoms. The molecular weight excluding hydrogens is 306 g/mol. The Morgan fingerprint density at radius 1 is 1.22 bits per heavy atom. The summed E-state index contributed by atoms with van der Waals surface area (Å²) in [4.78, 5) is 24.6. The van der Waals surface area contributed by atoms with Crippen molar-refractivity contribution in [3.8, 4) is 0 Å². The number of Topliss-reactive ketones (excluding diaryl/α,β-unsaturated/α-hetero) is 1. The van der Waals surface area contributed by atoms with Gasteiger partial charge in [0.15, 0.2) is 14.1 Å². The Bertz CT molecular complexity index is 592. The molecule has 1 aliphatic rings. The van der Waals surface area contributed by atoms with Gasteiger partial charge in [0.2, 0.25) is 5.91 Å². The summed E-state index contributed by atoms with van der Waals surface area (Å²) in [5, 5.41) is 2.81. The van der Waals surface area contributed by atoms with Crippen LogP contribution in [-0.4, -0.2) is 32.2 Å². The van der Waals surface area contributed by atoms with Crippen molar-refractivity contribution in [3.05, 3.63) is 35.9 Å². The molecule has 126 valence electrons. The first kappa shape index (κ1) is 17.9. The molecule has 0 radical (unpaired) electrons. The van der Waals surface area contributed by atoms with Gasteiger partial charge in [0.25, 0.3) is 0 Å². The first-order valence-corrected chi connectivity index (χ1v) is 11.0.